The number of ether oxygens (including phenoxy) is 1. The van der Waals surface area contributed by atoms with Crippen molar-refractivity contribution in [1.29, 1.82) is 0 Å². The largest absolute Gasteiger partial charge is 0.483 e. The normalized spacial score (nSPS) is 15.7. The molecule has 1 aliphatic rings. The topological polar surface area (TPSA) is 55.4 Å². The van der Waals surface area contributed by atoms with Crippen LogP contribution in [0.25, 0.3) is 0 Å². The Morgan fingerprint density at radius 1 is 1.23 bits per heavy atom. The Hall–Kier alpha value is -2.69. The van der Waals surface area contributed by atoms with Crippen molar-refractivity contribution in [2.24, 2.45) is 0 Å². The van der Waals surface area contributed by atoms with Crippen molar-refractivity contribution in [3.05, 3.63) is 57.9 Å². The molecule has 0 fully saturated rings. The van der Waals surface area contributed by atoms with Crippen molar-refractivity contribution in [2.75, 3.05) is 11.9 Å². The van der Waals surface area contributed by atoms with Gasteiger partial charge in [-0.3, -0.25) is 9.59 Å². The van der Waals surface area contributed by atoms with Crippen molar-refractivity contribution >= 4 is 17.4 Å². The molecule has 4 nitrogen and oxygen atoms in total. The van der Waals surface area contributed by atoms with Crippen molar-refractivity contribution in [3.8, 4) is 5.75 Å². The molecule has 0 aliphatic heterocycles. The van der Waals surface area contributed by atoms with Gasteiger partial charge in [-0.05, 0) is 49.9 Å². The predicted molar refractivity (Wildman–Crippen MR) is 98.5 cm³/mol. The molecule has 1 aliphatic carbocycles. The van der Waals surface area contributed by atoms with E-state index in [-0.39, 0.29) is 41.9 Å². The zero-order valence-electron chi connectivity index (χ0n) is 15.4. The van der Waals surface area contributed by atoms with Gasteiger partial charge >= 0.3 is 0 Å². The number of hydrogen-bond donors (Lipinski definition) is 1. The molecular formula is C21H22FNO3. The molecule has 0 aromatic heterocycles. The predicted octanol–water partition coefficient (Wildman–Crippen LogP) is 4.46. The second-order valence-electron chi connectivity index (χ2n) is 6.97. The maximum absolute atomic E-state index is 14.0. The van der Waals surface area contributed by atoms with Crippen LogP contribution >= 0.6 is 0 Å². The van der Waals surface area contributed by atoms with Gasteiger partial charge in [0.2, 0.25) is 0 Å². The third kappa shape index (κ3) is 3.34. The lowest BCUT2D eigenvalue weighted by molar-refractivity contribution is -0.118. The molecule has 1 amide bonds. The number of nitrogens with one attached hydrogen (secondary N) is 1. The van der Waals surface area contributed by atoms with Gasteiger partial charge in [-0.25, -0.2) is 4.39 Å². The number of aryl methyl sites for hydroxylation is 3. The Morgan fingerprint density at radius 2 is 1.88 bits per heavy atom. The Balaban J connectivity index is 1.75. The molecule has 0 saturated heterocycles. The van der Waals surface area contributed by atoms with Gasteiger partial charge in [0.25, 0.3) is 5.91 Å². The van der Waals surface area contributed by atoms with Crippen LogP contribution in [0.3, 0.4) is 0 Å². The summed E-state index contributed by atoms with van der Waals surface area (Å²) in [6.45, 7) is 7.44. The van der Waals surface area contributed by atoms with Crippen LogP contribution in [0.15, 0.2) is 24.3 Å². The van der Waals surface area contributed by atoms with Crippen LogP contribution in [-0.2, 0) is 4.79 Å². The molecule has 2 aromatic carbocycles. The van der Waals surface area contributed by atoms with Gasteiger partial charge in [0, 0.05) is 17.7 Å². The minimum Gasteiger partial charge on any atom is -0.483 e. The Kier molecular flexibility index (Phi) is 4.81. The van der Waals surface area contributed by atoms with Crippen LogP contribution in [0.4, 0.5) is 10.1 Å². The van der Waals surface area contributed by atoms with E-state index in [1.165, 1.54) is 12.1 Å². The summed E-state index contributed by atoms with van der Waals surface area (Å²) in [5, 5.41) is 2.85. The summed E-state index contributed by atoms with van der Waals surface area (Å²) in [4.78, 5) is 24.5. The van der Waals surface area contributed by atoms with Gasteiger partial charge in [-0.1, -0.05) is 24.6 Å². The molecule has 0 saturated carbocycles. The molecule has 0 heterocycles. The highest BCUT2D eigenvalue weighted by Crippen LogP contribution is 2.39. The van der Waals surface area contributed by atoms with Gasteiger partial charge in [-0.15, -0.1) is 0 Å². The highest BCUT2D eigenvalue weighted by Gasteiger charge is 2.32. The first-order valence-electron chi connectivity index (χ1n) is 8.64. The maximum Gasteiger partial charge on any atom is 0.262 e. The van der Waals surface area contributed by atoms with E-state index in [1.54, 1.807) is 0 Å². The number of rotatable bonds is 4. The molecule has 5 heteroatoms. The summed E-state index contributed by atoms with van der Waals surface area (Å²) >= 11 is 0. The lowest BCUT2D eigenvalue weighted by Gasteiger charge is -2.14. The van der Waals surface area contributed by atoms with Crippen LogP contribution in [0.5, 0.6) is 5.75 Å². The highest BCUT2D eigenvalue weighted by atomic mass is 19.1. The number of fused-ring (bicyclic) bond motifs is 1. The molecule has 1 N–H and O–H groups in total. The zero-order chi connectivity index (χ0) is 19.0. The van der Waals surface area contributed by atoms with Crippen molar-refractivity contribution in [3.63, 3.8) is 0 Å². The molecule has 26 heavy (non-hydrogen) atoms. The molecular weight excluding hydrogens is 333 g/mol. The summed E-state index contributed by atoms with van der Waals surface area (Å²) in [6, 6.07) is 6.70. The van der Waals surface area contributed by atoms with Crippen LogP contribution in [-0.4, -0.2) is 18.3 Å². The first-order valence-corrected chi connectivity index (χ1v) is 8.64. The lowest BCUT2D eigenvalue weighted by Crippen LogP contribution is -2.22. The first kappa shape index (κ1) is 18.1. The number of benzene rings is 2. The molecule has 0 radical (unpaired) electrons. The summed E-state index contributed by atoms with van der Waals surface area (Å²) < 4.78 is 19.6. The van der Waals surface area contributed by atoms with Gasteiger partial charge in [-0.2, -0.15) is 0 Å². The molecule has 0 unspecified atom stereocenters. The standard InChI is InChI=1S/C21H22FNO3/c1-11-7-13(3)21(14(4)8-11)23-18(25)10-26-17-6-5-15(22)19-12(2)9-16(24)20(17)19/h5-8,12H,9-10H2,1-4H3,(H,23,25)/t12-/m1/s1. The van der Waals surface area contributed by atoms with Crippen molar-refractivity contribution < 1.29 is 18.7 Å². The summed E-state index contributed by atoms with van der Waals surface area (Å²) in [7, 11) is 0. The first-order chi connectivity index (χ1) is 12.3. The van der Waals surface area contributed by atoms with E-state index in [1.807, 2.05) is 39.8 Å². The second kappa shape index (κ2) is 6.90. The van der Waals surface area contributed by atoms with E-state index in [0.717, 1.165) is 22.4 Å². The third-order valence-electron chi connectivity index (χ3n) is 4.72. The van der Waals surface area contributed by atoms with E-state index in [9.17, 15) is 14.0 Å². The Labute approximate surface area is 152 Å². The number of carbonyl (C=O) groups excluding carboxylic acids is 2. The number of hydrogen-bond acceptors (Lipinski definition) is 3. The maximum atomic E-state index is 14.0. The average molecular weight is 355 g/mol. The Morgan fingerprint density at radius 3 is 2.54 bits per heavy atom. The quantitative estimate of drug-likeness (QED) is 0.881. The molecule has 2 aromatic rings. The van der Waals surface area contributed by atoms with E-state index in [2.05, 4.69) is 5.32 Å². The fourth-order valence-corrected chi connectivity index (χ4v) is 3.64. The number of anilines is 1. The highest BCUT2D eigenvalue weighted by molar-refractivity contribution is 6.04. The molecule has 3 rings (SSSR count). The molecule has 136 valence electrons. The van der Waals surface area contributed by atoms with Gasteiger partial charge < -0.3 is 10.1 Å². The van der Waals surface area contributed by atoms with Gasteiger partial charge in [0.1, 0.15) is 11.6 Å². The number of amides is 1. The molecule has 1 atom stereocenters. The average Bonchev–Trinajstić information content (AvgIpc) is 2.86. The van der Waals surface area contributed by atoms with Crippen molar-refractivity contribution in [1.82, 2.24) is 0 Å². The third-order valence-corrected chi connectivity index (χ3v) is 4.72. The molecule has 0 spiro atoms. The fourth-order valence-electron chi connectivity index (χ4n) is 3.64. The van der Waals surface area contributed by atoms with Crippen LogP contribution in [0, 0.1) is 26.6 Å². The second-order valence-corrected chi connectivity index (χ2v) is 6.97. The zero-order valence-corrected chi connectivity index (χ0v) is 15.4. The van der Waals surface area contributed by atoms with Crippen LogP contribution in [0.1, 0.15) is 51.9 Å². The molecule has 0 bridgehead atoms. The summed E-state index contributed by atoms with van der Waals surface area (Å²) in [5.41, 5.74) is 4.50. The number of carbonyl (C=O) groups is 2. The lowest BCUT2D eigenvalue weighted by atomic mass is 10.0. The van der Waals surface area contributed by atoms with E-state index >= 15 is 0 Å². The fraction of sp³-hybridized carbons (Fsp3) is 0.333. The van der Waals surface area contributed by atoms with Crippen LogP contribution < -0.4 is 10.1 Å². The smallest absolute Gasteiger partial charge is 0.262 e. The number of halogens is 1. The van der Waals surface area contributed by atoms with Gasteiger partial charge in [0.05, 0.1) is 5.56 Å². The summed E-state index contributed by atoms with van der Waals surface area (Å²) in [6.07, 6.45) is 0.264. The monoisotopic (exact) mass is 355 g/mol. The number of Topliss-reactive ketones (excluding diaryl/α,β-unsaturated/α-hetero) is 1. The minimum atomic E-state index is -0.402. The minimum absolute atomic E-state index is 0.146. The van der Waals surface area contributed by atoms with Crippen LogP contribution in [0.2, 0.25) is 0 Å². The van der Waals surface area contributed by atoms with E-state index < -0.39 is 5.82 Å². The van der Waals surface area contributed by atoms with E-state index in [4.69, 9.17) is 4.74 Å². The van der Waals surface area contributed by atoms with E-state index in [0.29, 0.717) is 5.56 Å². The number of ketones is 1. The summed E-state index contributed by atoms with van der Waals surface area (Å²) in [5.74, 6) is -0.777. The van der Waals surface area contributed by atoms with Gasteiger partial charge in [0.15, 0.2) is 12.4 Å². The Bertz CT molecular complexity index is 881. The van der Waals surface area contributed by atoms with Crippen molar-refractivity contribution in [2.45, 2.75) is 40.0 Å². The SMILES string of the molecule is Cc1cc(C)c(NC(=O)COc2ccc(F)c3c2C(=O)C[C@H]3C)c(C)c1.